The maximum atomic E-state index is 5.63. The Hall–Kier alpha value is -1.36. The van der Waals surface area contributed by atoms with Crippen LogP contribution in [0.2, 0.25) is 0 Å². The van der Waals surface area contributed by atoms with Crippen LogP contribution in [0.1, 0.15) is 33.5 Å². The zero-order chi connectivity index (χ0) is 13.4. The second kappa shape index (κ2) is 7.87. The molecule has 0 aliphatic heterocycles. The molecule has 0 spiro atoms. The zero-order valence-corrected chi connectivity index (χ0v) is 11.7. The van der Waals surface area contributed by atoms with Gasteiger partial charge in [-0.1, -0.05) is 13.8 Å². The van der Waals surface area contributed by atoms with Crippen molar-refractivity contribution in [1.29, 1.82) is 0 Å². The minimum atomic E-state index is 0.410. The largest absolute Gasteiger partial charge is 0.477 e. The molecule has 0 saturated carbocycles. The quantitative estimate of drug-likeness (QED) is 0.771. The van der Waals surface area contributed by atoms with Gasteiger partial charge in [-0.2, -0.15) is 4.98 Å². The minimum Gasteiger partial charge on any atom is -0.477 e. The molecule has 1 heterocycles. The van der Waals surface area contributed by atoms with Crippen LogP contribution < -0.4 is 10.1 Å². The SMILES string of the molecule is CCNc1cc(OCC(C)C)nc(COCC)n1. The summed E-state index contributed by atoms with van der Waals surface area (Å²) in [5.74, 6) is 2.50. The van der Waals surface area contributed by atoms with E-state index in [0.29, 0.717) is 37.4 Å². The van der Waals surface area contributed by atoms with E-state index in [1.807, 2.05) is 19.9 Å². The molecule has 5 nitrogen and oxygen atoms in total. The number of nitrogens with one attached hydrogen (secondary N) is 1. The Labute approximate surface area is 109 Å². The fraction of sp³-hybridized carbons (Fsp3) is 0.692. The number of anilines is 1. The Bertz CT molecular complexity index is 356. The number of ether oxygens (including phenoxy) is 2. The normalized spacial score (nSPS) is 10.7. The van der Waals surface area contributed by atoms with Crippen LogP contribution in [0, 0.1) is 5.92 Å². The molecule has 1 aromatic heterocycles. The highest BCUT2D eigenvalue weighted by Gasteiger charge is 2.06. The summed E-state index contributed by atoms with van der Waals surface area (Å²) < 4.78 is 11.0. The molecule has 0 atom stereocenters. The summed E-state index contributed by atoms with van der Waals surface area (Å²) in [7, 11) is 0. The van der Waals surface area contributed by atoms with Gasteiger partial charge < -0.3 is 14.8 Å². The van der Waals surface area contributed by atoms with E-state index < -0.39 is 0 Å². The molecule has 0 fully saturated rings. The average Bonchev–Trinajstić information content (AvgIpc) is 2.34. The highest BCUT2D eigenvalue weighted by atomic mass is 16.5. The highest BCUT2D eigenvalue weighted by Crippen LogP contribution is 2.15. The summed E-state index contributed by atoms with van der Waals surface area (Å²) in [5.41, 5.74) is 0. The number of nitrogens with zero attached hydrogens (tertiary/aromatic N) is 2. The second-order valence-corrected chi connectivity index (χ2v) is 4.38. The molecule has 0 aromatic carbocycles. The van der Waals surface area contributed by atoms with Crippen molar-refractivity contribution in [2.45, 2.75) is 34.3 Å². The smallest absolute Gasteiger partial charge is 0.218 e. The van der Waals surface area contributed by atoms with E-state index in [2.05, 4.69) is 29.1 Å². The molecule has 18 heavy (non-hydrogen) atoms. The first-order valence-electron chi connectivity index (χ1n) is 6.48. The minimum absolute atomic E-state index is 0.410. The van der Waals surface area contributed by atoms with Crippen LogP contribution in [0.4, 0.5) is 5.82 Å². The Morgan fingerprint density at radius 2 is 2.06 bits per heavy atom. The molecular formula is C13H23N3O2. The molecule has 0 aliphatic rings. The summed E-state index contributed by atoms with van der Waals surface area (Å²) in [4.78, 5) is 8.69. The van der Waals surface area contributed by atoms with Gasteiger partial charge in [0.1, 0.15) is 12.4 Å². The first-order chi connectivity index (χ1) is 8.65. The maximum Gasteiger partial charge on any atom is 0.218 e. The lowest BCUT2D eigenvalue weighted by Crippen LogP contribution is -2.10. The first-order valence-corrected chi connectivity index (χ1v) is 6.48. The molecule has 1 rings (SSSR count). The van der Waals surface area contributed by atoms with Gasteiger partial charge in [-0.05, 0) is 19.8 Å². The van der Waals surface area contributed by atoms with Gasteiger partial charge in [0.25, 0.3) is 0 Å². The maximum absolute atomic E-state index is 5.63. The summed E-state index contributed by atoms with van der Waals surface area (Å²) in [6.45, 7) is 10.7. The predicted octanol–water partition coefficient (Wildman–Crippen LogP) is 2.48. The summed E-state index contributed by atoms with van der Waals surface area (Å²) in [6, 6.07) is 1.82. The predicted molar refractivity (Wildman–Crippen MR) is 71.9 cm³/mol. The van der Waals surface area contributed by atoms with E-state index >= 15 is 0 Å². The number of rotatable bonds is 8. The van der Waals surface area contributed by atoms with Crippen LogP contribution in [0.3, 0.4) is 0 Å². The van der Waals surface area contributed by atoms with Gasteiger partial charge in [0, 0.05) is 19.2 Å². The molecule has 1 N–H and O–H groups in total. The lowest BCUT2D eigenvalue weighted by atomic mass is 10.2. The van der Waals surface area contributed by atoms with Gasteiger partial charge in [-0.3, -0.25) is 0 Å². The van der Waals surface area contributed by atoms with E-state index in [4.69, 9.17) is 9.47 Å². The van der Waals surface area contributed by atoms with Gasteiger partial charge in [0.2, 0.25) is 5.88 Å². The van der Waals surface area contributed by atoms with Gasteiger partial charge >= 0.3 is 0 Å². The average molecular weight is 253 g/mol. The lowest BCUT2D eigenvalue weighted by molar-refractivity contribution is 0.127. The molecule has 1 aromatic rings. The van der Waals surface area contributed by atoms with Gasteiger partial charge in [0.15, 0.2) is 5.82 Å². The molecule has 0 aliphatic carbocycles. The first kappa shape index (κ1) is 14.7. The van der Waals surface area contributed by atoms with Crippen LogP contribution in [0.25, 0.3) is 0 Å². The van der Waals surface area contributed by atoms with E-state index in [1.54, 1.807) is 0 Å². The Balaban J connectivity index is 2.76. The molecule has 0 unspecified atom stereocenters. The zero-order valence-electron chi connectivity index (χ0n) is 11.7. The topological polar surface area (TPSA) is 56.3 Å². The van der Waals surface area contributed by atoms with Crippen LogP contribution in [-0.4, -0.2) is 29.7 Å². The van der Waals surface area contributed by atoms with Crippen LogP contribution in [-0.2, 0) is 11.3 Å². The molecule has 0 bridgehead atoms. The van der Waals surface area contributed by atoms with Crippen molar-refractivity contribution >= 4 is 5.82 Å². The molecule has 0 saturated heterocycles. The molecule has 0 amide bonds. The van der Waals surface area contributed by atoms with Crippen molar-refractivity contribution in [3.63, 3.8) is 0 Å². The Morgan fingerprint density at radius 3 is 2.67 bits per heavy atom. The van der Waals surface area contributed by atoms with Crippen LogP contribution in [0.15, 0.2) is 6.07 Å². The molecule has 0 radical (unpaired) electrons. The molecule has 102 valence electrons. The van der Waals surface area contributed by atoms with Gasteiger partial charge in [0.05, 0.1) is 6.61 Å². The Morgan fingerprint density at radius 1 is 1.28 bits per heavy atom. The van der Waals surface area contributed by atoms with Crippen molar-refractivity contribution in [3.8, 4) is 5.88 Å². The number of hydrogen-bond acceptors (Lipinski definition) is 5. The van der Waals surface area contributed by atoms with Crippen molar-refractivity contribution in [1.82, 2.24) is 9.97 Å². The standard InChI is InChI=1S/C13H23N3O2/c1-5-14-11-7-13(18-8-10(3)4)16-12(15-11)9-17-6-2/h7,10H,5-6,8-9H2,1-4H3,(H,14,15,16). The van der Waals surface area contributed by atoms with Gasteiger partial charge in [-0.25, -0.2) is 4.98 Å². The molecular weight excluding hydrogens is 230 g/mol. The van der Waals surface area contributed by atoms with Crippen molar-refractivity contribution in [2.24, 2.45) is 5.92 Å². The lowest BCUT2D eigenvalue weighted by Gasteiger charge is -2.11. The van der Waals surface area contributed by atoms with Gasteiger partial charge in [-0.15, -0.1) is 0 Å². The Kier molecular flexibility index (Phi) is 6.43. The second-order valence-electron chi connectivity index (χ2n) is 4.38. The van der Waals surface area contributed by atoms with E-state index in [1.165, 1.54) is 0 Å². The van der Waals surface area contributed by atoms with Crippen LogP contribution >= 0.6 is 0 Å². The highest BCUT2D eigenvalue weighted by molar-refractivity contribution is 5.38. The van der Waals surface area contributed by atoms with Crippen molar-refractivity contribution in [2.75, 3.05) is 25.1 Å². The van der Waals surface area contributed by atoms with E-state index in [9.17, 15) is 0 Å². The molecule has 5 heteroatoms. The number of hydrogen-bond donors (Lipinski definition) is 1. The summed E-state index contributed by atoms with van der Waals surface area (Å²) in [6.07, 6.45) is 0. The third-order valence-electron chi connectivity index (χ3n) is 2.11. The summed E-state index contributed by atoms with van der Waals surface area (Å²) in [5, 5.41) is 3.17. The number of aromatic nitrogens is 2. The van der Waals surface area contributed by atoms with E-state index in [-0.39, 0.29) is 0 Å². The summed E-state index contributed by atoms with van der Waals surface area (Å²) >= 11 is 0. The third-order valence-corrected chi connectivity index (χ3v) is 2.11. The van der Waals surface area contributed by atoms with Crippen LogP contribution in [0.5, 0.6) is 5.88 Å². The third kappa shape index (κ3) is 5.31. The monoisotopic (exact) mass is 253 g/mol. The fourth-order valence-electron chi connectivity index (χ4n) is 1.33. The van der Waals surface area contributed by atoms with E-state index in [0.717, 1.165) is 12.4 Å². The fourth-order valence-corrected chi connectivity index (χ4v) is 1.33. The van der Waals surface area contributed by atoms with Crippen molar-refractivity contribution < 1.29 is 9.47 Å². The van der Waals surface area contributed by atoms with Crippen molar-refractivity contribution in [3.05, 3.63) is 11.9 Å².